The fourth-order valence-corrected chi connectivity index (χ4v) is 2.57. The predicted molar refractivity (Wildman–Crippen MR) is 93.5 cm³/mol. The average Bonchev–Trinajstić information content (AvgIpc) is 2.35. The first-order valence-electron chi connectivity index (χ1n) is 7.51. The number of rotatable bonds is 6. The molecule has 114 valence electrons. The quantitative estimate of drug-likeness (QED) is 0.786. The van der Waals surface area contributed by atoms with Crippen LogP contribution in [0.2, 0.25) is 0 Å². The van der Waals surface area contributed by atoms with Crippen molar-refractivity contribution in [3.8, 4) is 0 Å². The smallest absolute Gasteiger partial charge is 0.0422 e. The minimum absolute atomic E-state index is 0.137. The number of nitrogens with zero attached hydrogens (tertiary/aromatic N) is 1. The van der Waals surface area contributed by atoms with Crippen molar-refractivity contribution in [2.75, 3.05) is 11.9 Å². The molecule has 0 aliphatic heterocycles. The van der Waals surface area contributed by atoms with Crippen molar-refractivity contribution in [2.24, 2.45) is 0 Å². The molecular formula is C17H29BrN2. The molecule has 3 heteroatoms. The van der Waals surface area contributed by atoms with Gasteiger partial charge in [0.1, 0.15) is 0 Å². The third-order valence-electron chi connectivity index (χ3n) is 3.60. The molecule has 1 unspecified atom stereocenters. The molecule has 0 bridgehead atoms. The molecule has 0 heterocycles. The van der Waals surface area contributed by atoms with E-state index >= 15 is 0 Å². The molecule has 1 N–H and O–H groups in total. The van der Waals surface area contributed by atoms with Gasteiger partial charge in [-0.1, -0.05) is 35.3 Å². The molecule has 0 saturated heterocycles. The lowest BCUT2D eigenvalue weighted by atomic mass is 10.1. The Labute approximate surface area is 133 Å². The summed E-state index contributed by atoms with van der Waals surface area (Å²) in [6, 6.07) is 7.13. The Morgan fingerprint density at radius 2 is 1.95 bits per heavy atom. The Morgan fingerprint density at radius 3 is 2.50 bits per heavy atom. The van der Waals surface area contributed by atoms with Crippen LogP contribution in [0, 0.1) is 0 Å². The van der Waals surface area contributed by atoms with Crippen LogP contribution in [0.4, 0.5) is 5.69 Å². The largest absolute Gasteiger partial charge is 0.372 e. The number of hydrogen-bond acceptors (Lipinski definition) is 2. The molecule has 1 aromatic rings. The van der Waals surface area contributed by atoms with E-state index in [4.69, 9.17) is 0 Å². The highest BCUT2D eigenvalue weighted by atomic mass is 79.9. The summed E-state index contributed by atoms with van der Waals surface area (Å²) in [4.78, 5) is 2.40. The first-order valence-corrected chi connectivity index (χ1v) is 8.30. The molecule has 1 rings (SSSR count). The molecule has 0 saturated carbocycles. The van der Waals surface area contributed by atoms with Crippen LogP contribution in [-0.2, 0) is 6.54 Å². The fourth-order valence-electron chi connectivity index (χ4n) is 2.22. The molecule has 0 fully saturated rings. The third-order valence-corrected chi connectivity index (χ3v) is 4.10. The summed E-state index contributed by atoms with van der Waals surface area (Å²) in [5.41, 5.74) is 2.81. The maximum absolute atomic E-state index is 3.60. The second-order valence-electron chi connectivity index (χ2n) is 6.63. The molecule has 0 aromatic heterocycles. The van der Waals surface area contributed by atoms with Gasteiger partial charge in [0, 0.05) is 35.3 Å². The molecule has 0 aliphatic carbocycles. The van der Waals surface area contributed by atoms with E-state index in [2.05, 4.69) is 86.0 Å². The highest BCUT2D eigenvalue weighted by Crippen LogP contribution is 2.27. The summed E-state index contributed by atoms with van der Waals surface area (Å²) in [5.74, 6) is 0. The molecular weight excluding hydrogens is 312 g/mol. The van der Waals surface area contributed by atoms with Crippen molar-refractivity contribution in [2.45, 2.75) is 65.6 Å². The zero-order chi connectivity index (χ0) is 15.3. The zero-order valence-electron chi connectivity index (χ0n) is 13.8. The lowest BCUT2D eigenvalue weighted by molar-refractivity contribution is 0.424. The van der Waals surface area contributed by atoms with Crippen molar-refractivity contribution >= 4 is 21.6 Å². The van der Waals surface area contributed by atoms with Crippen LogP contribution in [0.5, 0.6) is 0 Å². The maximum Gasteiger partial charge on any atom is 0.0422 e. The second kappa shape index (κ2) is 7.46. The van der Waals surface area contributed by atoms with Crippen molar-refractivity contribution in [1.29, 1.82) is 0 Å². The van der Waals surface area contributed by atoms with E-state index in [-0.39, 0.29) is 5.54 Å². The van der Waals surface area contributed by atoms with Gasteiger partial charge in [0.25, 0.3) is 0 Å². The number of halogens is 1. The van der Waals surface area contributed by atoms with Crippen molar-refractivity contribution in [3.05, 3.63) is 28.2 Å². The Hall–Kier alpha value is -0.540. The van der Waals surface area contributed by atoms with Crippen LogP contribution in [0.15, 0.2) is 22.7 Å². The molecule has 0 amide bonds. The summed E-state index contributed by atoms with van der Waals surface area (Å²) in [6.07, 6.45) is 2.43. The monoisotopic (exact) mass is 340 g/mol. The molecule has 0 spiro atoms. The van der Waals surface area contributed by atoms with Gasteiger partial charge in [-0.05, 0) is 51.8 Å². The first-order chi connectivity index (χ1) is 9.24. The Morgan fingerprint density at radius 1 is 1.30 bits per heavy atom. The molecule has 20 heavy (non-hydrogen) atoms. The lowest BCUT2D eigenvalue weighted by Crippen LogP contribution is -2.36. The Bertz CT molecular complexity index is 423. The second-order valence-corrected chi connectivity index (χ2v) is 7.54. The Kier molecular flexibility index (Phi) is 6.53. The minimum Gasteiger partial charge on any atom is -0.372 e. The van der Waals surface area contributed by atoms with E-state index in [0.717, 1.165) is 11.0 Å². The molecule has 1 aromatic carbocycles. The average molecular weight is 341 g/mol. The Balaban J connectivity index is 2.95. The first kappa shape index (κ1) is 17.5. The highest BCUT2D eigenvalue weighted by Gasteiger charge is 2.15. The van der Waals surface area contributed by atoms with Gasteiger partial charge in [0.05, 0.1) is 0 Å². The van der Waals surface area contributed by atoms with Crippen LogP contribution >= 0.6 is 15.9 Å². The number of hydrogen-bond donors (Lipinski definition) is 1. The summed E-state index contributed by atoms with van der Waals surface area (Å²) in [7, 11) is 2.20. The van der Waals surface area contributed by atoms with Gasteiger partial charge in [-0.2, -0.15) is 0 Å². The molecule has 0 aliphatic rings. The van der Waals surface area contributed by atoms with Crippen molar-refractivity contribution in [3.63, 3.8) is 0 Å². The van der Waals surface area contributed by atoms with E-state index in [0.29, 0.717) is 6.04 Å². The minimum atomic E-state index is 0.137. The number of anilines is 1. The van der Waals surface area contributed by atoms with Gasteiger partial charge < -0.3 is 10.2 Å². The van der Waals surface area contributed by atoms with E-state index in [1.807, 2.05) is 0 Å². The normalized spacial score (nSPS) is 13.3. The van der Waals surface area contributed by atoms with Crippen LogP contribution < -0.4 is 10.2 Å². The van der Waals surface area contributed by atoms with Gasteiger partial charge in [-0.3, -0.25) is 0 Å². The van der Waals surface area contributed by atoms with Crippen LogP contribution in [0.25, 0.3) is 0 Å². The number of nitrogens with one attached hydrogen (secondary N) is 1. The van der Waals surface area contributed by atoms with E-state index < -0.39 is 0 Å². The van der Waals surface area contributed by atoms with E-state index in [1.54, 1.807) is 0 Å². The SMILES string of the molecule is CCCC(C)N(C)c1cc(Br)ccc1CNC(C)(C)C. The lowest BCUT2D eigenvalue weighted by Gasteiger charge is -2.30. The predicted octanol–water partition coefficient (Wildman–Crippen LogP) is 4.96. The topological polar surface area (TPSA) is 15.3 Å². The van der Waals surface area contributed by atoms with Crippen molar-refractivity contribution < 1.29 is 0 Å². The van der Waals surface area contributed by atoms with Crippen LogP contribution in [0.1, 0.15) is 53.0 Å². The molecule has 1 atom stereocenters. The van der Waals surface area contributed by atoms with Crippen molar-refractivity contribution in [1.82, 2.24) is 5.32 Å². The summed E-state index contributed by atoms with van der Waals surface area (Å²) >= 11 is 3.60. The van der Waals surface area contributed by atoms with E-state index in [9.17, 15) is 0 Å². The van der Waals surface area contributed by atoms with Gasteiger partial charge in [-0.25, -0.2) is 0 Å². The van der Waals surface area contributed by atoms with Crippen LogP contribution in [-0.4, -0.2) is 18.6 Å². The van der Waals surface area contributed by atoms with Gasteiger partial charge in [0.15, 0.2) is 0 Å². The fraction of sp³-hybridized carbons (Fsp3) is 0.647. The summed E-state index contributed by atoms with van der Waals surface area (Å²) < 4.78 is 1.14. The van der Waals surface area contributed by atoms with Gasteiger partial charge >= 0.3 is 0 Å². The number of benzene rings is 1. The maximum atomic E-state index is 3.60. The summed E-state index contributed by atoms with van der Waals surface area (Å²) in [6.45, 7) is 12.0. The third kappa shape index (κ3) is 5.45. The van der Waals surface area contributed by atoms with E-state index in [1.165, 1.54) is 24.1 Å². The molecule has 2 nitrogen and oxygen atoms in total. The highest BCUT2D eigenvalue weighted by molar-refractivity contribution is 9.10. The van der Waals surface area contributed by atoms with Crippen LogP contribution in [0.3, 0.4) is 0 Å². The van der Waals surface area contributed by atoms with Gasteiger partial charge in [-0.15, -0.1) is 0 Å². The standard InChI is InChI=1S/C17H29BrN2/c1-7-8-13(2)20(6)16-11-15(18)10-9-14(16)12-19-17(3,4)5/h9-11,13,19H,7-8,12H2,1-6H3. The molecule has 0 radical (unpaired) electrons. The zero-order valence-corrected chi connectivity index (χ0v) is 15.3. The summed E-state index contributed by atoms with van der Waals surface area (Å²) in [5, 5.41) is 3.58. The van der Waals surface area contributed by atoms with Gasteiger partial charge in [0.2, 0.25) is 0 Å².